The molecular formula is C21H20N4O2. The number of carbonyl (C=O) groups is 1. The second-order valence-corrected chi connectivity index (χ2v) is 5.86. The van der Waals surface area contributed by atoms with E-state index in [0.29, 0.717) is 18.1 Å². The summed E-state index contributed by atoms with van der Waals surface area (Å²) in [5, 5.41) is 3.74. The normalized spacial score (nSPS) is 11.8. The first kappa shape index (κ1) is 18.1. The van der Waals surface area contributed by atoms with Gasteiger partial charge in [-0.2, -0.15) is 0 Å². The highest BCUT2D eigenvalue weighted by Crippen LogP contribution is 2.24. The highest BCUT2D eigenvalue weighted by Gasteiger charge is 2.07. The number of nitrogens with one attached hydrogen (secondary N) is 1. The van der Waals surface area contributed by atoms with Crippen LogP contribution in [-0.2, 0) is 11.3 Å². The van der Waals surface area contributed by atoms with Crippen LogP contribution in [0.15, 0.2) is 64.2 Å². The van der Waals surface area contributed by atoms with Crippen molar-refractivity contribution in [3.63, 3.8) is 0 Å². The lowest BCUT2D eigenvalue weighted by molar-refractivity contribution is -0.116. The number of fused-ring (bicyclic) bond motifs is 1. The molecule has 1 amide bonds. The molecular weight excluding hydrogens is 340 g/mol. The quantitative estimate of drug-likeness (QED) is 0.516. The molecule has 0 aliphatic heterocycles. The minimum atomic E-state index is -0.222. The van der Waals surface area contributed by atoms with Gasteiger partial charge in [-0.05, 0) is 61.7 Å². The fourth-order valence-corrected chi connectivity index (χ4v) is 2.61. The van der Waals surface area contributed by atoms with Crippen LogP contribution >= 0.6 is 0 Å². The number of aromatic nitrogens is 1. The van der Waals surface area contributed by atoms with Crippen LogP contribution in [0.3, 0.4) is 0 Å². The van der Waals surface area contributed by atoms with Gasteiger partial charge in [0.05, 0.1) is 12.2 Å². The Morgan fingerprint density at radius 1 is 1.33 bits per heavy atom. The molecule has 0 unspecified atom stereocenters. The van der Waals surface area contributed by atoms with Crippen LogP contribution in [0.4, 0.5) is 5.82 Å². The molecule has 0 fully saturated rings. The summed E-state index contributed by atoms with van der Waals surface area (Å²) in [5.74, 6) is 0.890. The summed E-state index contributed by atoms with van der Waals surface area (Å²) in [6.07, 6.45) is 6.63. The summed E-state index contributed by atoms with van der Waals surface area (Å²) in [6, 6.07) is 11.2. The number of hydrogen-bond acceptors (Lipinski definition) is 5. The summed E-state index contributed by atoms with van der Waals surface area (Å²) in [5.41, 5.74) is 8.87. The Morgan fingerprint density at radius 3 is 2.89 bits per heavy atom. The third kappa shape index (κ3) is 4.49. The van der Waals surface area contributed by atoms with Gasteiger partial charge in [0.15, 0.2) is 0 Å². The molecule has 2 heterocycles. The van der Waals surface area contributed by atoms with Crippen molar-refractivity contribution in [3.8, 4) is 0 Å². The van der Waals surface area contributed by atoms with Crippen molar-refractivity contribution >= 4 is 41.2 Å². The number of amides is 1. The summed E-state index contributed by atoms with van der Waals surface area (Å²) >= 11 is 0. The van der Waals surface area contributed by atoms with Crippen LogP contribution < -0.4 is 11.1 Å². The molecule has 0 saturated heterocycles. The van der Waals surface area contributed by atoms with Crippen LogP contribution in [0.25, 0.3) is 22.7 Å². The molecule has 136 valence electrons. The predicted molar refractivity (Wildman–Crippen MR) is 109 cm³/mol. The lowest BCUT2D eigenvalue weighted by atomic mass is 10.1. The highest BCUT2D eigenvalue weighted by molar-refractivity contribution is 5.91. The van der Waals surface area contributed by atoms with Gasteiger partial charge >= 0.3 is 0 Å². The standard InChI is InChI=1S/C21H20N4O2/c1-3-18(23-2)15-6-7-19-16(10-15)11-17(27-19)13-25-21(26)9-5-14-4-8-20(22)24-12-14/h3-12H,2,13H2,1H3,(H2,22,24)(H,25,26)/b9-5+,18-3-. The number of allylic oxidation sites excluding steroid dienone is 1. The molecule has 3 aromatic rings. The number of anilines is 1. The number of nitrogens with two attached hydrogens (primary N) is 1. The number of furan rings is 1. The first-order valence-corrected chi connectivity index (χ1v) is 8.42. The number of aliphatic imine (C=N–C) groups is 1. The molecule has 0 bridgehead atoms. The maximum atomic E-state index is 12.0. The predicted octanol–water partition coefficient (Wildman–Crippen LogP) is 3.80. The molecule has 0 aliphatic carbocycles. The van der Waals surface area contributed by atoms with Gasteiger partial charge in [-0.3, -0.25) is 9.79 Å². The van der Waals surface area contributed by atoms with Crippen molar-refractivity contribution < 1.29 is 9.21 Å². The van der Waals surface area contributed by atoms with Crippen molar-refractivity contribution in [2.24, 2.45) is 4.99 Å². The number of nitrogen functional groups attached to an aromatic ring is 1. The Bertz CT molecular complexity index is 1030. The third-order valence-electron chi connectivity index (χ3n) is 3.98. The number of rotatable bonds is 6. The fourth-order valence-electron chi connectivity index (χ4n) is 2.61. The first-order valence-electron chi connectivity index (χ1n) is 8.42. The van der Waals surface area contributed by atoms with Crippen LogP contribution in [0.1, 0.15) is 23.8 Å². The zero-order chi connectivity index (χ0) is 19.2. The number of hydrogen-bond donors (Lipinski definition) is 2. The summed E-state index contributed by atoms with van der Waals surface area (Å²) in [6.45, 7) is 5.79. The molecule has 0 atom stereocenters. The molecule has 3 N–H and O–H groups in total. The SMILES string of the molecule is C=N/C(=C\C)c1ccc2oc(CNC(=O)/C=C/c3ccc(N)nc3)cc2c1. The second kappa shape index (κ2) is 8.14. The van der Waals surface area contributed by atoms with Gasteiger partial charge in [-0.15, -0.1) is 0 Å². The average molecular weight is 360 g/mol. The largest absolute Gasteiger partial charge is 0.459 e. The molecule has 2 aromatic heterocycles. The smallest absolute Gasteiger partial charge is 0.244 e. The third-order valence-corrected chi connectivity index (χ3v) is 3.98. The number of pyridine rings is 1. The Labute approximate surface area is 157 Å². The van der Waals surface area contributed by atoms with E-state index < -0.39 is 0 Å². The van der Waals surface area contributed by atoms with E-state index in [0.717, 1.165) is 27.8 Å². The minimum absolute atomic E-state index is 0.222. The van der Waals surface area contributed by atoms with Gasteiger partial charge in [-0.1, -0.05) is 6.08 Å². The molecule has 0 saturated carbocycles. The number of benzene rings is 1. The van der Waals surface area contributed by atoms with Gasteiger partial charge < -0.3 is 15.5 Å². The summed E-state index contributed by atoms with van der Waals surface area (Å²) in [4.78, 5) is 20.0. The lowest BCUT2D eigenvalue weighted by Crippen LogP contribution is -2.19. The molecule has 0 spiro atoms. The Kier molecular flexibility index (Phi) is 5.47. The van der Waals surface area contributed by atoms with Gasteiger partial charge in [-0.25, -0.2) is 4.98 Å². The van der Waals surface area contributed by atoms with Crippen molar-refractivity contribution in [1.29, 1.82) is 0 Å². The summed E-state index contributed by atoms with van der Waals surface area (Å²) < 4.78 is 5.77. The van der Waals surface area contributed by atoms with Crippen molar-refractivity contribution in [3.05, 3.63) is 71.6 Å². The second-order valence-electron chi connectivity index (χ2n) is 5.86. The van der Waals surface area contributed by atoms with Gasteiger partial charge in [0.2, 0.25) is 5.91 Å². The van der Waals surface area contributed by atoms with Gasteiger partial charge in [0.25, 0.3) is 0 Å². The van der Waals surface area contributed by atoms with E-state index in [4.69, 9.17) is 10.2 Å². The lowest BCUT2D eigenvalue weighted by Gasteiger charge is -1.99. The topological polar surface area (TPSA) is 93.5 Å². The molecule has 1 aromatic carbocycles. The van der Waals surface area contributed by atoms with Crippen molar-refractivity contribution in [1.82, 2.24) is 10.3 Å². The fraction of sp³-hybridized carbons (Fsp3) is 0.0952. The molecule has 6 nitrogen and oxygen atoms in total. The van der Waals surface area contributed by atoms with E-state index in [1.807, 2.05) is 37.3 Å². The Balaban J connectivity index is 1.65. The zero-order valence-electron chi connectivity index (χ0n) is 15.0. The number of nitrogens with zero attached hydrogens (tertiary/aromatic N) is 2. The number of carbonyl (C=O) groups excluding carboxylic acids is 1. The Hall–Kier alpha value is -3.67. The van der Waals surface area contributed by atoms with E-state index in [1.54, 1.807) is 24.4 Å². The van der Waals surface area contributed by atoms with Crippen LogP contribution in [-0.4, -0.2) is 17.6 Å². The molecule has 0 radical (unpaired) electrons. The molecule has 3 rings (SSSR count). The van der Waals surface area contributed by atoms with E-state index in [9.17, 15) is 4.79 Å². The Morgan fingerprint density at radius 2 is 2.19 bits per heavy atom. The van der Waals surface area contributed by atoms with E-state index in [2.05, 4.69) is 22.0 Å². The van der Waals surface area contributed by atoms with Crippen LogP contribution in [0.2, 0.25) is 0 Å². The highest BCUT2D eigenvalue weighted by atomic mass is 16.3. The molecule has 0 aliphatic rings. The zero-order valence-corrected chi connectivity index (χ0v) is 15.0. The monoisotopic (exact) mass is 360 g/mol. The van der Waals surface area contributed by atoms with E-state index in [1.165, 1.54) is 6.08 Å². The van der Waals surface area contributed by atoms with Gasteiger partial charge in [0.1, 0.15) is 17.2 Å². The van der Waals surface area contributed by atoms with Crippen molar-refractivity contribution in [2.45, 2.75) is 13.5 Å². The van der Waals surface area contributed by atoms with E-state index >= 15 is 0 Å². The maximum absolute atomic E-state index is 12.0. The maximum Gasteiger partial charge on any atom is 0.244 e. The average Bonchev–Trinajstić information content (AvgIpc) is 3.09. The van der Waals surface area contributed by atoms with E-state index in [-0.39, 0.29) is 5.91 Å². The molecule has 6 heteroatoms. The van der Waals surface area contributed by atoms with Gasteiger partial charge in [0, 0.05) is 23.2 Å². The van der Waals surface area contributed by atoms with Crippen molar-refractivity contribution in [2.75, 3.05) is 5.73 Å². The van der Waals surface area contributed by atoms with Crippen LogP contribution in [0.5, 0.6) is 0 Å². The summed E-state index contributed by atoms with van der Waals surface area (Å²) in [7, 11) is 0. The first-order chi connectivity index (χ1) is 13.1. The minimum Gasteiger partial charge on any atom is -0.459 e. The van der Waals surface area contributed by atoms with Crippen LogP contribution in [0, 0.1) is 0 Å². The molecule has 27 heavy (non-hydrogen) atoms.